The molecule has 2 heterocycles. The second-order valence-corrected chi connectivity index (χ2v) is 6.01. The Kier molecular flexibility index (Phi) is 5.05. The maximum atomic E-state index is 12.3. The van der Waals surface area contributed by atoms with Crippen molar-refractivity contribution in [2.75, 3.05) is 19.6 Å². The van der Waals surface area contributed by atoms with Crippen molar-refractivity contribution in [3.63, 3.8) is 0 Å². The summed E-state index contributed by atoms with van der Waals surface area (Å²) >= 11 is 0. The Morgan fingerprint density at radius 2 is 1.88 bits per heavy atom. The van der Waals surface area contributed by atoms with Crippen LogP contribution in [0.3, 0.4) is 0 Å². The van der Waals surface area contributed by atoms with Crippen LogP contribution >= 0.6 is 0 Å². The number of benzene rings is 1. The number of nitrogens with zero attached hydrogens (tertiary/aromatic N) is 2. The minimum atomic E-state index is -0.449. The molecular formula is C18H20N2O4. The van der Waals surface area contributed by atoms with Crippen molar-refractivity contribution in [1.29, 1.82) is 0 Å². The zero-order valence-electron chi connectivity index (χ0n) is 13.4. The van der Waals surface area contributed by atoms with Crippen LogP contribution in [0.1, 0.15) is 36.2 Å². The highest BCUT2D eigenvalue weighted by Gasteiger charge is 2.20. The molecule has 1 aromatic heterocycles. The Morgan fingerprint density at radius 1 is 1.12 bits per heavy atom. The second kappa shape index (κ2) is 7.40. The molecule has 1 aromatic carbocycles. The molecule has 24 heavy (non-hydrogen) atoms. The molecule has 1 fully saturated rings. The molecular weight excluding hydrogens is 308 g/mol. The average Bonchev–Trinajstić information content (AvgIpc) is 3.10. The zero-order valence-corrected chi connectivity index (χ0v) is 13.4. The van der Waals surface area contributed by atoms with E-state index in [0.29, 0.717) is 17.7 Å². The number of ketones is 1. The van der Waals surface area contributed by atoms with Crippen LogP contribution in [0.15, 0.2) is 40.8 Å². The van der Waals surface area contributed by atoms with Gasteiger partial charge in [0, 0.05) is 19.0 Å². The molecule has 126 valence electrons. The maximum Gasteiger partial charge on any atom is 0.280 e. The van der Waals surface area contributed by atoms with Crippen LogP contribution in [0.4, 0.5) is 5.69 Å². The number of furan rings is 1. The van der Waals surface area contributed by atoms with Crippen LogP contribution in [0, 0.1) is 10.1 Å². The third-order valence-corrected chi connectivity index (χ3v) is 4.35. The van der Waals surface area contributed by atoms with Gasteiger partial charge in [-0.3, -0.25) is 14.9 Å². The maximum absolute atomic E-state index is 12.3. The standard InChI is InChI=1S/C18H20N2O4/c21-16(10-13-19-11-4-1-5-12-19)18-9-8-17(24-18)14-6-2-3-7-15(14)20(22)23/h2-3,6-9H,1,4-5,10-13H2. The van der Waals surface area contributed by atoms with E-state index >= 15 is 0 Å². The number of para-hydroxylation sites is 1. The Labute approximate surface area is 140 Å². The Bertz CT molecular complexity index is 732. The Hall–Kier alpha value is -2.47. The number of nitro groups is 1. The highest BCUT2D eigenvalue weighted by molar-refractivity contribution is 5.94. The summed E-state index contributed by atoms with van der Waals surface area (Å²) < 4.78 is 5.59. The van der Waals surface area contributed by atoms with Crippen molar-refractivity contribution in [1.82, 2.24) is 4.90 Å². The van der Waals surface area contributed by atoms with Crippen LogP contribution in [0.25, 0.3) is 11.3 Å². The number of hydrogen-bond donors (Lipinski definition) is 0. The molecule has 0 unspecified atom stereocenters. The summed E-state index contributed by atoms with van der Waals surface area (Å²) in [6, 6.07) is 9.59. The van der Waals surface area contributed by atoms with Gasteiger partial charge < -0.3 is 9.32 Å². The fourth-order valence-corrected chi connectivity index (χ4v) is 3.04. The molecule has 3 rings (SSSR count). The molecule has 0 atom stereocenters. The van der Waals surface area contributed by atoms with Gasteiger partial charge >= 0.3 is 0 Å². The third kappa shape index (κ3) is 3.71. The number of hydrogen-bond acceptors (Lipinski definition) is 5. The fraction of sp³-hybridized carbons (Fsp3) is 0.389. The Balaban J connectivity index is 1.69. The monoisotopic (exact) mass is 328 g/mol. The van der Waals surface area contributed by atoms with Crippen LogP contribution in [0.5, 0.6) is 0 Å². The van der Waals surface area contributed by atoms with Crippen molar-refractivity contribution in [2.45, 2.75) is 25.7 Å². The van der Waals surface area contributed by atoms with E-state index in [1.165, 1.54) is 25.3 Å². The van der Waals surface area contributed by atoms with Crippen LogP contribution in [-0.2, 0) is 0 Å². The van der Waals surface area contributed by atoms with Gasteiger partial charge in [-0.1, -0.05) is 18.6 Å². The highest BCUT2D eigenvalue weighted by Crippen LogP contribution is 2.31. The number of Topliss-reactive ketones (excluding diaryl/α,β-unsaturated/α-hetero) is 1. The number of piperidine rings is 1. The first-order chi connectivity index (χ1) is 11.6. The van der Waals surface area contributed by atoms with Crippen molar-refractivity contribution in [2.24, 2.45) is 0 Å². The molecule has 2 aromatic rings. The lowest BCUT2D eigenvalue weighted by molar-refractivity contribution is -0.384. The lowest BCUT2D eigenvalue weighted by Gasteiger charge is -2.25. The second-order valence-electron chi connectivity index (χ2n) is 6.01. The molecule has 0 spiro atoms. The molecule has 0 bridgehead atoms. The SMILES string of the molecule is O=C(CCN1CCCCC1)c1ccc(-c2ccccc2[N+](=O)[O-])o1. The van der Waals surface area contributed by atoms with Crippen molar-refractivity contribution < 1.29 is 14.1 Å². The summed E-state index contributed by atoms with van der Waals surface area (Å²) in [5.41, 5.74) is 0.358. The van der Waals surface area contributed by atoms with E-state index in [2.05, 4.69) is 4.90 Å². The molecule has 0 amide bonds. The first-order valence-electron chi connectivity index (χ1n) is 8.24. The van der Waals surface area contributed by atoms with E-state index < -0.39 is 4.92 Å². The minimum Gasteiger partial charge on any atom is -0.453 e. The van der Waals surface area contributed by atoms with E-state index in [4.69, 9.17) is 4.42 Å². The topological polar surface area (TPSA) is 76.6 Å². The van der Waals surface area contributed by atoms with E-state index in [1.54, 1.807) is 30.3 Å². The van der Waals surface area contributed by atoms with Crippen molar-refractivity contribution in [3.05, 3.63) is 52.3 Å². The summed E-state index contributed by atoms with van der Waals surface area (Å²) in [6.07, 6.45) is 4.05. The zero-order chi connectivity index (χ0) is 16.9. The predicted octanol–water partition coefficient (Wildman–Crippen LogP) is 3.91. The number of nitro benzene ring substituents is 1. The molecule has 0 aliphatic carbocycles. The van der Waals surface area contributed by atoms with Gasteiger partial charge in [0.2, 0.25) is 0 Å². The number of carbonyl (C=O) groups excluding carboxylic acids is 1. The minimum absolute atomic E-state index is 0.0286. The van der Waals surface area contributed by atoms with Gasteiger partial charge in [0.05, 0.1) is 10.5 Å². The predicted molar refractivity (Wildman–Crippen MR) is 90.0 cm³/mol. The van der Waals surface area contributed by atoms with Crippen molar-refractivity contribution in [3.8, 4) is 11.3 Å². The lowest BCUT2D eigenvalue weighted by Crippen LogP contribution is -2.31. The smallest absolute Gasteiger partial charge is 0.280 e. The van der Waals surface area contributed by atoms with Gasteiger partial charge in [-0.25, -0.2) is 0 Å². The summed E-state index contributed by atoms with van der Waals surface area (Å²) in [5, 5.41) is 11.1. The van der Waals surface area contributed by atoms with Crippen LogP contribution < -0.4 is 0 Å². The average molecular weight is 328 g/mol. The molecule has 0 N–H and O–H groups in total. The quantitative estimate of drug-likeness (QED) is 0.456. The van der Waals surface area contributed by atoms with Crippen molar-refractivity contribution >= 4 is 11.5 Å². The van der Waals surface area contributed by atoms with Gasteiger partial charge in [0.15, 0.2) is 11.5 Å². The first kappa shape index (κ1) is 16.4. The third-order valence-electron chi connectivity index (χ3n) is 4.35. The van der Waals surface area contributed by atoms with Crippen LogP contribution in [0.2, 0.25) is 0 Å². The summed E-state index contributed by atoms with van der Waals surface area (Å²) in [7, 11) is 0. The number of rotatable bonds is 6. The summed E-state index contributed by atoms with van der Waals surface area (Å²) in [4.78, 5) is 25.3. The van der Waals surface area contributed by atoms with E-state index in [-0.39, 0.29) is 17.2 Å². The molecule has 6 nitrogen and oxygen atoms in total. The summed E-state index contributed by atoms with van der Waals surface area (Å²) in [6.45, 7) is 2.83. The van der Waals surface area contributed by atoms with Gasteiger partial charge in [-0.05, 0) is 44.1 Å². The van der Waals surface area contributed by atoms with E-state index in [1.807, 2.05) is 0 Å². The van der Waals surface area contributed by atoms with Gasteiger partial charge in [0.1, 0.15) is 5.76 Å². The van der Waals surface area contributed by atoms with Gasteiger partial charge in [-0.2, -0.15) is 0 Å². The normalized spacial score (nSPS) is 15.3. The number of likely N-dealkylation sites (tertiary alicyclic amines) is 1. The fourth-order valence-electron chi connectivity index (χ4n) is 3.04. The molecule has 0 saturated carbocycles. The Morgan fingerprint density at radius 3 is 2.62 bits per heavy atom. The van der Waals surface area contributed by atoms with Crippen LogP contribution in [-0.4, -0.2) is 35.2 Å². The van der Waals surface area contributed by atoms with E-state index in [0.717, 1.165) is 19.6 Å². The molecule has 0 radical (unpaired) electrons. The first-order valence-corrected chi connectivity index (χ1v) is 8.24. The molecule has 6 heteroatoms. The molecule has 1 saturated heterocycles. The summed E-state index contributed by atoms with van der Waals surface area (Å²) in [5.74, 6) is 0.550. The molecule has 1 aliphatic heterocycles. The van der Waals surface area contributed by atoms with Gasteiger partial charge in [0.25, 0.3) is 5.69 Å². The largest absolute Gasteiger partial charge is 0.453 e. The highest BCUT2D eigenvalue weighted by atomic mass is 16.6. The lowest BCUT2D eigenvalue weighted by atomic mass is 10.1. The molecule has 1 aliphatic rings. The van der Waals surface area contributed by atoms with E-state index in [9.17, 15) is 14.9 Å². The van der Waals surface area contributed by atoms with Gasteiger partial charge in [-0.15, -0.1) is 0 Å². The number of carbonyl (C=O) groups is 1.